The van der Waals surface area contributed by atoms with Crippen molar-refractivity contribution in [3.63, 3.8) is 0 Å². The molecule has 1 amide bonds. The molecule has 2 atom stereocenters. The van der Waals surface area contributed by atoms with Crippen LogP contribution in [-0.2, 0) is 4.79 Å². The summed E-state index contributed by atoms with van der Waals surface area (Å²) in [4.78, 5) is 16.6. The summed E-state index contributed by atoms with van der Waals surface area (Å²) >= 11 is 0. The number of likely N-dealkylation sites (N-methyl/N-ethyl adjacent to an activating group) is 1. The molecule has 0 aromatic heterocycles. The van der Waals surface area contributed by atoms with Crippen LogP contribution in [0.1, 0.15) is 46.5 Å². The molecule has 0 saturated carbocycles. The number of nitrogens with one attached hydrogen (secondary N) is 1. The number of carbonyl (C=O) groups is 1. The van der Waals surface area contributed by atoms with E-state index in [1.54, 1.807) is 0 Å². The van der Waals surface area contributed by atoms with Crippen molar-refractivity contribution in [1.29, 1.82) is 0 Å². The average Bonchev–Trinajstić information content (AvgIpc) is 2.74. The zero-order chi connectivity index (χ0) is 16.0. The second-order valence-electron chi connectivity index (χ2n) is 7.19. The van der Waals surface area contributed by atoms with Gasteiger partial charge in [0.25, 0.3) is 0 Å². The standard InChI is InChI=1S/C16H34N4O/c1-13(2)18-16(3,15(17)21)9-7-11-20-10-6-8-14(20)12-19(4)5/h13-14,18H,6-12H2,1-5H3,(H2,17,21). The molecule has 0 aromatic rings. The Morgan fingerprint density at radius 2 is 2.14 bits per heavy atom. The number of nitrogens with two attached hydrogens (primary N) is 1. The summed E-state index contributed by atoms with van der Waals surface area (Å²) in [6.45, 7) is 9.39. The first kappa shape index (κ1) is 18.4. The average molecular weight is 298 g/mol. The Morgan fingerprint density at radius 3 is 2.67 bits per heavy atom. The molecular weight excluding hydrogens is 264 g/mol. The van der Waals surface area contributed by atoms with Gasteiger partial charge in [0.2, 0.25) is 5.91 Å². The van der Waals surface area contributed by atoms with Crippen LogP contribution in [0.3, 0.4) is 0 Å². The van der Waals surface area contributed by atoms with Gasteiger partial charge in [0, 0.05) is 18.6 Å². The van der Waals surface area contributed by atoms with E-state index in [1.165, 1.54) is 19.4 Å². The Morgan fingerprint density at radius 1 is 1.48 bits per heavy atom. The van der Waals surface area contributed by atoms with E-state index in [-0.39, 0.29) is 11.9 Å². The maximum Gasteiger partial charge on any atom is 0.237 e. The number of primary amides is 1. The summed E-state index contributed by atoms with van der Waals surface area (Å²) in [5.41, 5.74) is 4.99. The van der Waals surface area contributed by atoms with Gasteiger partial charge < -0.3 is 16.0 Å². The largest absolute Gasteiger partial charge is 0.368 e. The lowest BCUT2D eigenvalue weighted by atomic mass is 9.93. The molecular formula is C16H34N4O. The lowest BCUT2D eigenvalue weighted by Crippen LogP contribution is -2.55. The molecule has 2 unspecified atom stereocenters. The van der Waals surface area contributed by atoms with Crippen LogP contribution in [-0.4, -0.2) is 67.1 Å². The van der Waals surface area contributed by atoms with E-state index in [0.717, 1.165) is 25.9 Å². The molecule has 1 fully saturated rings. The van der Waals surface area contributed by atoms with Gasteiger partial charge in [-0.05, 0) is 73.6 Å². The summed E-state index contributed by atoms with van der Waals surface area (Å²) < 4.78 is 0. The quantitative estimate of drug-likeness (QED) is 0.667. The van der Waals surface area contributed by atoms with Crippen LogP contribution >= 0.6 is 0 Å². The van der Waals surface area contributed by atoms with Crippen molar-refractivity contribution in [3.8, 4) is 0 Å². The summed E-state index contributed by atoms with van der Waals surface area (Å²) in [5.74, 6) is -0.248. The number of likely N-dealkylation sites (tertiary alicyclic amines) is 1. The third-order valence-electron chi connectivity index (χ3n) is 4.35. The highest BCUT2D eigenvalue weighted by molar-refractivity contribution is 5.84. The predicted molar refractivity (Wildman–Crippen MR) is 88.3 cm³/mol. The lowest BCUT2D eigenvalue weighted by molar-refractivity contribution is -0.124. The van der Waals surface area contributed by atoms with Gasteiger partial charge in [-0.3, -0.25) is 9.69 Å². The van der Waals surface area contributed by atoms with Gasteiger partial charge in [0.05, 0.1) is 5.54 Å². The molecule has 1 saturated heterocycles. The van der Waals surface area contributed by atoms with Crippen molar-refractivity contribution in [1.82, 2.24) is 15.1 Å². The number of hydrogen-bond acceptors (Lipinski definition) is 4. The third kappa shape index (κ3) is 5.93. The molecule has 0 bridgehead atoms. The highest BCUT2D eigenvalue weighted by Gasteiger charge is 2.32. The van der Waals surface area contributed by atoms with Gasteiger partial charge in [-0.15, -0.1) is 0 Å². The second kappa shape index (κ2) is 8.11. The van der Waals surface area contributed by atoms with E-state index in [9.17, 15) is 4.79 Å². The molecule has 21 heavy (non-hydrogen) atoms. The third-order valence-corrected chi connectivity index (χ3v) is 4.35. The molecule has 1 rings (SSSR count). The molecule has 0 spiro atoms. The van der Waals surface area contributed by atoms with Crippen molar-refractivity contribution in [2.24, 2.45) is 5.73 Å². The summed E-state index contributed by atoms with van der Waals surface area (Å²) in [6, 6.07) is 0.925. The second-order valence-corrected chi connectivity index (χ2v) is 7.19. The minimum Gasteiger partial charge on any atom is -0.368 e. The Kier molecular flexibility index (Phi) is 7.10. The number of nitrogens with zero attached hydrogens (tertiary/aromatic N) is 2. The fourth-order valence-electron chi connectivity index (χ4n) is 3.36. The Labute approximate surface area is 130 Å². The van der Waals surface area contributed by atoms with Crippen molar-refractivity contribution in [3.05, 3.63) is 0 Å². The van der Waals surface area contributed by atoms with E-state index >= 15 is 0 Å². The van der Waals surface area contributed by atoms with Crippen LogP contribution in [0.4, 0.5) is 0 Å². The van der Waals surface area contributed by atoms with E-state index < -0.39 is 5.54 Å². The van der Waals surface area contributed by atoms with Crippen molar-refractivity contribution in [2.45, 2.75) is 64.1 Å². The molecule has 5 nitrogen and oxygen atoms in total. The molecule has 0 aliphatic carbocycles. The van der Waals surface area contributed by atoms with E-state index in [4.69, 9.17) is 5.73 Å². The van der Waals surface area contributed by atoms with Crippen LogP contribution in [0.15, 0.2) is 0 Å². The zero-order valence-corrected chi connectivity index (χ0v) is 14.5. The molecule has 0 radical (unpaired) electrons. The molecule has 0 aromatic carbocycles. The number of rotatable bonds is 9. The molecule has 5 heteroatoms. The highest BCUT2D eigenvalue weighted by Crippen LogP contribution is 2.20. The van der Waals surface area contributed by atoms with E-state index in [2.05, 4.69) is 43.1 Å². The predicted octanol–water partition coefficient (Wildman–Crippen LogP) is 1.03. The monoisotopic (exact) mass is 298 g/mol. The van der Waals surface area contributed by atoms with Crippen LogP contribution < -0.4 is 11.1 Å². The number of carbonyl (C=O) groups excluding carboxylic acids is 1. The SMILES string of the molecule is CC(C)NC(C)(CCCN1CCCC1CN(C)C)C(N)=O. The van der Waals surface area contributed by atoms with Gasteiger partial charge in [-0.2, -0.15) is 0 Å². The van der Waals surface area contributed by atoms with Crippen LogP contribution in [0.25, 0.3) is 0 Å². The lowest BCUT2D eigenvalue weighted by Gasteiger charge is -2.32. The molecule has 1 aliphatic rings. The van der Waals surface area contributed by atoms with Gasteiger partial charge in [0.1, 0.15) is 0 Å². The van der Waals surface area contributed by atoms with Crippen LogP contribution in [0.5, 0.6) is 0 Å². The van der Waals surface area contributed by atoms with Crippen molar-refractivity contribution >= 4 is 5.91 Å². The van der Waals surface area contributed by atoms with E-state index in [0.29, 0.717) is 6.04 Å². The first-order valence-corrected chi connectivity index (χ1v) is 8.21. The first-order valence-electron chi connectivity index (χ1n) is 8.21. The smallest absolute Gasteiger partial charge is 0.237 e. The Hall–Kier alpha value is -0.650. The van der Waals surface area contributed by atoms with Gasteiger partial charge in [-0.1, -0.05) is 0 Å². The van der Waals surface area contributed by atoms with Gasteiger partial charge in [-0.25, -0.2) is 0 Å². The minimum absolute atomic E-state index is 0.248. The van der Waals surface area contributed by atoms with E-state index in [1.807, 2.05) is 6.92 Å². The van der Waals surface area contributed by atoms with Gasteiger partial charge >= 0.3 is 0 Å². The van der Waals surface area contributed by atoms with Crippen LogP contribution in [0, 0.1) is 0 Å². The highest BCUT2D eigenvalue weighted by atomic mass is 16.1. The van der Waals surface area contributed by atoms with Crippen molar-refractivity contribution < 1.29 is 4.79 Å². The molecule has 1 aliphatic heterocycles. The fourth-order valence-corrected chi connectivity index (χ4v) is 3.36. The molecule has 1 heterocycles. The maximum atomic E-state index is 11.7. The Bertz CT molecular complexity index is 332. The molecule has 3 N–H and O–H groups in total. The topological polar surface area (TPSA) is 61.6 Å². The fraction of sp³-hybridized carbons (Fsp3) is 0.938. The summed E-state index contributed by atoms with van der Waals surface area (Å²) in [7, 11) is 4.26. The normalized spacial score (nSPS) is 22.9. The maximum absolute atomic E-state index is 11.7. The number of amides is 1. The first-order chi connectivity index (χ1) is 9.74. The van der Waals surface area contributed by atoms with Gasteiger partial charge in [0.15, 0.2) is 0 Å². The molecule has 124 valence electrons. The minimum atomic E-state index is -0.592. The van der Waals surface area contributed by atoms with Crippen LogP contribution in [0.2, 0.25) is 0 Å². The summed E-state index contributed by atoms with van der Waals surface area (Å²) in [5, 5.41) is 3.32. The summed E-state index contributed by atoms with van der Waals surface area (Å²) in [6.07, 6.45) is 4.38. The number of hydrogen-bond donors (Lipinski definition) is 2. The Balaban J connectivity index is 2.44. The zero-order valence-electron chi connectivity index (χ0n) is 14.5. The van der Waals surface area contributed by atoms with Crippen molar-refractivity contribution in [2.75, 3.05) is 33.7 Å².